The molecule has 1 aliphatic heterocycles. The summed E-state index contributed by atoms with van der Waals surface area (Å²) in [6, 6.07) is 10.5. The Kier molecular flexibility index (Phi) is 5.13. The molecule has 0 saturated carbocycles. The van der Waals surface area contributed by atoms with Gasteiger partial charge < -0.3 is 19.2 Å². The maximum Gasteiger partial charge on any atom is 0.407 e. The third-order valence-corrected chi connectivity index (χ3v) is 5.15. The van der Waals surface area contributed by atoms with Crippen molar-refractivity contribution in [1.82, 2.24) is 9.88 Å². The Morgan fingerprint density at radius 3 is 2.55 bits per heavy atom. The summed E-state index contributed by atoms with van der Waals surface area (Å²) in [7, 11) is 0. The first-order valence-corrected chi connectivity index (χ1v) is 9.75. The molecule has 1 aliphatic rings. The van der Waals surface area contributed by atoms with Gasteiger partial charge in [-0.1, -0.05) is 12.1 Å². The van der Waals surface area contributed by atoms with E-state index in [-0.39, 0.29) is 17.8 Å². The SMILES string of the molecule is CC(C)Oc1ccc(-c2ccc3oc(C4CCN(C(=O)O)CC4)nc3c2)cc1F. The zero-order valence-electron chi connectivity index (χ0n) is 16.4. The van der Waals surface area contributed by atoms with Crippen molar-refractivity contribution in [1.29, 1.82) is 0 Å². The molecule has 152 valence electrons. The van der Waals surface area contributed by atoms with Gasteiger partial charge in [0, 0.05) is 19.0 Å². The summed E-state index contributed by atoms with van der Waals surface area (Å²) in [4.78, 5) is 17.1. The Morgan fingerprint density at radius 1 is 1.21 bits per heavy atom. The summed E-state index contributed by atoms with van der Waals surface area (Å²) in [6.45, 7) is 4.67. The monoisotopic (exact) mass is 398 g/mol. The summed E-state index contributed by atoms with van der Waals surface area (Å²) in [5.41, 5.74) is 2.96. The predicted octanol–water partition coefficient (Wildman–Crippen LogP) is 5.28. The standard InChI is InChI=1S/C22H23FN2O4/c1-13(2)28-19-5-3-15(11-17(19)23)16-4-6-20-18(12-16)24-21(29-20)14-7-9-25(10-8-14)22(26)27/h3-6,11-14H,7-10H2,1-2H3,(H,26,27). The van der Waals surface area contributed by atoms with Gasteiger partial charge in [0.15, 0.2) is 23.0 Å². The highest BCUT2D eigenvalue weighted by molar-refractivity contribution is 5.80. The number of amides is 1. The van der Waals surface area contributed by atoms with Crippen LogP contribution in [0.4, 0.5) is 9.18 Å². The van der Waals surface area contributed by atoms with Crippen LogP contribution in [0.15, 0.2) is 40.8 Å². The van der Waals surface area contributed by atoms with E-state index in [1.54, 1.807) is 6.07 Å². The number of carboxylic acid groups (broad SMARTS) is 1. The van der Waals surface area contributed by atoms with Crippen molar-refractivity contribution in [3.8, 4) is 16.9 Å². The number of benzene rings is 2. The fraction of sp³-hybridized carbons (Fsp3) is 0.364. The number of hydrogen-bond acceptors (Lipinski definition) is 4. The lowest BCUT2D eigenvalue weighted by atomic mass is 9.97. The molecular weight excluding hydrogens is 375 g/mol. The number of carbonyl (C=O) groups is 1. The van der Waals surface area contributed by atoms with Crippen molar-refractivity contribution in [2.24, 2.45) is 0 Å². The second kappa shape index (κ2) is 7.73. The van der Waals surface area contributed by atoms with Gasteiger partial charge in [-0.05, 0) is 62.1 Å². The first-order valence-electron chi connectivity index (χ1n) is 9.75. The van der Waals surface area contributed by atoms with Crippen LogP contribution in [0.1, 0.15) is 38.5 Å². The van der Waals surface area contributed by atoms with Crippen molar-refractivity contribution in [3.63, 3.8) is 0 Å². The Hall–Kier alpha value is -3.09. The van der Waals surface area contributed by atoms with Crippen molar-refractivity contribution in [2.75, 3.05) is 13.1 Å². The van der Waals surface area contributed by atoms with Gasteiger partial charge in [-0.15, -0.1) is 0 Å². The number of oxazole rings is 1. The van der Waals surface area contributed by atoms with Crippen LogP contribution in [0, 0.1) is 5.82 Å². The summed E-state index contributed by atoms with van der Waals surface area (Å²) in [6.07, 6.45) is 0.397. The average Bonchev–Trinajstić information content (AvgIpc) is 3.12. The molecule has 29 heavy (non-hydrogen) atoms. The van der Waals surface area contributed by atoms with E-state index in [9.17, 15) is 9.18 Å². The van der Waals surface area contributed by atoms with Crippen molar-refractivity contribution in [2.45, 2.75) is 38.7 Å². The fourth-order valence-electron chi connectivity index (χ4n) is 3.65. The molecule has 1 amide bonds. The molecule has 6 nitrogen and oxygen atoms in total. The highest BCUT2D eigenvalue weighted by Crippen LogP contribution is 2.32. The van der Waals surface area contributed by atoms with E-state index in [1.165, 1.54) is 11.0 Å². The normalized spacial score (nSPS) is 15.2. The van der Waals surface area contributed by atoms with E-state index in [2.05, 4.69) is 4.98 Å². The number of ether oxygens (including phenoxy) is 1. The molecule has 2 aromatic carbocycles. The minimum absolute atomic E-state index is 0.0948. The lowest BCUT2D eigenvalue weighted by Crippen LogP contribution is -2.36. The lowest BCUT2D eigenvalue weighted by Gasteiger charge is -2.28. The van der Waals surface area contributed by atoms with E-state index in [4.69, 9.17) is 14.3 Å². The molecule has 0 unspecified atom stereocenters. The Bertz CT molecular complexity index is 1040. The van der Waals surface area contributed by atoms with Crippen LogP contribution in [0.5, 0.6) is 5.75 Å². The molecule has 0 bridgehead atoms. The molecular formula is C22H23FN2O4. The molecule has 0 spiro atoms. The van der Waals surface area contributed by atoms with Crippen molar-refractivity contribution >= 4 is 17.2 Å². The largest absolute Gasteiger partial charge is 0.488 e. The molecule has 4 rings (SSSR count). The van der Waals surface area contributed by atoms with E-state index in [1.807, 2.05) is 38.1 Å². The van der Waals surface area contributed by atoms with Gasteiger partial charge in [-0.2, -0.15) is 0 Å². The second-order valence-electron chi connectivity index (χ2n) is 7.59. The first kappa shape index (κ1) is 19.2. The molecule has 1 N–H and O–H groups in total. The van der Waals surface area contributed by atoms with Gasteiger partial charge in [-0.25, -0.2) is 14.2 Å². The van der Waals surface area contributed by atoms with Gasteiger partial charge in [0.25, 0.3) is 0 Å². The molecule has 7 heteroatoms. The van der Waals surface area contributed by atoms with Crippen molar-refractivity contribution in [3.05, 3.63) is 48.1 Å². The zero-order chi connectivity index (χ0) is 20.5. The van der Waals surface area contributed by atoms with Crippen molar-refractivity contribution < 1.29 is 23.4 Å². The number of fused-ring (bicyclic) bond motifs is 1. The van der Waals surface area contributed by atoms with Gasteiger partial charge in [0.1, 0.15) is 5.52 Å². The molecule has 0 aliphatic carbocycles. The maximum absolute atomic E-state index is 14.3. The molecule has 0 atom stereocenters. The Balaban J connectivity index is 1.56. The highest BCUT2D eigenvalue weighted by atomic mass is 19.1. The van der Waals surface area contributed by atoms with Crippen LogP contribution in [-0.4, -0.2) is 40.3 Å². The van der Waals surface area contributed by atoms with E-state index in [0.717, 1.165) is 11.1 Å². The molecule has 1 aromatic heterocycles. The lowest BCUT2D eigenvalue weighted by molar-refractivity contribution is 0.129. The number of hydrogen-bond donors (Lipinski definition) is 1. The number of nitrogens with zero attached hydrogens (tertiary/aromatic N) is 2. The number of rotatable bonds is 4. The van der Waals surface area contributed by atoms with Gasteiger partial charge >= 0.3 is 6.09 Å². The first-order chi connectivity index (χ1) is 13.9. The fourth-order valence-corrected chi connectivity index (χ4v) is 3.65. The predicted molar refractivity (Wildman–Crippen MR) is 107 cm³/mol. The third-order valence-electron chi connectivity index (χ3n) is 5.15. The topological polar surface area (TPSA) is 75.8 Å². The number of likely N-dealkylation sites (tertiary alicyclic amines) is 1. The van der Waals surface area contributed by atoms with Crippen LogP contribution in [-0.2, 0) is 0 Å². The third kappa shape index (κ3) is 4.04. The van der Waals surface area contributed by atoms with Gasteiger partial charge in [0.05, 0.1) is 6.10 Å². The quantitative estimate of drug-likeness (QED) is 0.647. The Morgan fingerprint density at radius 2 is 1.90 bits per heavy atom. The Labute approximate surface area is 167 Å². The average molecular weight is 398 g/mol. The zero-order valence-corrected chi connectivity index (χ0v) is 16.4. The van der Waals surface area contributed by atoms with Crippen LogP contribution < -0.4 is 4.74 Å². The molecule has 0 radical (unpaired) electrons. The minimum Gasteiger partial charge on any atom is -0.488 e. The number of piperidine rings is 1. The van der Waals surface area contributed by atoms with Gasteiger partial charge in [0.2, 0.25) is 0 Å². The summed E-state index contributed by atoms with van der Waals surface area (Å²) < 4.78 is 25.7. The minimum atomic E-state index is -0.886. The van der Waals surface area contributed by atoms with E-state index < -0.39 is 11.9 Å². The smallest absolute Gasteiger partial charge is 0.407 e. The van der Waals surface area contributed by atoms with Crippen LogP contribution in [0.2, 0.25) is 0 Å². The highest BCUT2D eigenvalue weighted by Gasteiger charge is 2.26. The van der Waals surface area contributed by atoms with Crippen LogP contribution in [0.3, 0.4) is 0 Å². The molecule has 3 aromatic rings. The summed E-state index contributed by atoms with van der Waals surface area (Å²) >= 11 is 0. The number of halogens is 1. The number of aromatic nitrogens is 1. The molecule has 2 heterocycles. The van der Waals surface area contributed by atoms with E-state index >= 15 is 0 Å². The second-order valence-corrected chi connectivity index (χ2v) is 7.59. The maximum atomic E-state index is 14.3. The van der Waals surface area contributed by atoms with Crippen LogP contribution >= 0.6 is 0 Å². The molecule has 1 saturated heterocycles. The van der Waals surface area contributed by atoms with Crippen LogP contribution in [0.25, 0.3) is 22.2 Å². The van der Waals surface area contributed by atoms with Gasteiger partial charge in [-0.3, -0.25) is 0 Å². The van der Waals surface area contributed by atoms with E-state index in [0.29, 0.717) is 42.9 Å². The summed E-state index contributed by atoms with van der Waals surface area (Å²) in [5.74, 6) is 0.573. The molecule has 1 fully saturated rings. The summed E-state index contributed by atoms with van der Waals surface area (Å²) in [5, 5.41) is 9.08.